The quantitative estimate of drug-likeness (QED) is 0.834. The predicted molar refractivity (Wildman–Crippen MR) is 65.5 cm³/mol. The molecule has 2 aliphatic rings. The lowest BCUT2D eigenvalue weighted by atomic mass is 9.84. The number of nitrogens with one attached hydrogen (secondary N) is 1. The van der Waals surface area contributed by atoms with Crippen LogP contribution in [0.25, 0.3) is 0 Å². The van der Waals surface area contributed by atoms with Gasteiger partial charge in [0.25, 0.3) is 0 Å². The van der Waals surface area contributed by atoms with Crippen LogP contribution in [-0.4, -0.2) is 41.4 Å². The van der Waals surface area contributed by atoms with E-state index in [0.717, 1.165) is 0 Å². The predicted octanol–water partition coefficient (Wildman–Crippen LogP) is 1.86. The van der Waals surface area contributed by atoms with E-state index in [1.807, 2.05) is 0 Å². The lowest BCUT2D eigenvalue weighted by Gasteiger charge is -2.34. The first kappa shape index (κ1) is 16.1. The highest BCUT2D eigenvalue weighted by Crippen LogP contribution is 2.37. The third-order valence-corrected chi connectivity index (χ3v) is 4.10. The molecule has 0 aromatic rings. The number of aliphatic carboxylic acids is 1. The molecule has 5 nitrogen and oxygen atoms in total. The molecule has 1 aliphatic carbocycles. The second-order valence-corrected chi connectivity index (χ2v) is 5.58. The molecule has 1 heterocycles. The van der Waals surface area contributed by atoms with Crippen LogP contribution in [0.3, 0.4) is 0 Å². The maximum atomic E-state index is 12.9. The largest absolute Gasteiger partial charge is 0.479 e. The molecule has 120 valence electrons. The third kappa shape index (κ3) is 3.87. The number of carboxylic acids is 1. The van der Waals surface area contributed by atoms with Gasteiger partial charge in [-0.25, -0.2) is 4.79 Å². The van der Waals surface area contributed by atoms with Crippen LogP contribution in [-0.2, 0) is 14.3 Å². The van der Waals surface area contributed by atoms with E-state index in [0.29, 0.717) is 12.8 Å². The van der Waals surface area contributed by atoms with E-state index in [9.17, 15) is 22.8 Å². The zero-order valence-electron chi connectivity index (χ0n) is 11.4. The molecule has 2 fully saturated rings. The number of amides is 1. The van der Waals surface area contributed by atoms with Crippen LogP contribution in [0.4, 0.5) is 13.2 Å². The van der Waals surface area contributed by atoms with Crippen LogP contribution in [0.2, 0.25) is 0 Å². The second-order valence-electron chi connectivity index (χ2n) is 5.58. The fourth-order valence-corrected chi connectivity index (χ4v) is 2.98. The molecule has 0 bridgehead atoms. The van der Waals surface area contributed by atoms with Gasteiger partial charge in [-0.3, -0.25) is 4.79 Å². The van der Waals surface area contributed by atoms with E-state index in [2.05, 4.69) is 5.32 Å². The summed E-state index contributed by atoms with van der Waals surface area (Å²) in [6, 6.07) is -0.946. The van der Waals surface area contributed by atoms with Gasteiger partial charge >= 0.3 is 12.1 Å². The minimum Gasteiger partial charge on any atom is -0.479 e. The molecule has 8 heteroatoms. The van der Waals surface area contributed by atoms with Crippen molar-refractivity contribution in [3.8, 4) is 0 Å². The minimum absolute atomic E-state index is 0.0116. The summed E-state index contributed by atoms with van der Waals surface area (Å²) in [6.45, 7) is 0. The van der Waals surface area contributed by atoms with Gasteiger partial charge in [0.15, 0.2) is 6.10 Å². The van der Waals surface area contributed by atoms with Crippen molar-refractivity contribution in [2.75, 3.05) is 0 Å². The highest BCUT2D eigenvalue weighted by Gasteiger charge is 2.46. The molecule has 2 rings (SSSR count). The first-order valence-corrected chi connectivity index (χ1v) is 7.04. The summed E-state index contributed by atoms with van der Waals surface area (Å²) in [6.07, 6.45) is -4.51. The summed E-state index contributed by atoms with van der Waals surface area (Å²) in [7, 11) is 0. The summed E-state index contributed by atoms with van der Waals surface area (Å²) in [5.74, 6) is -3.33. The second kappa shape index (κ2) is 6.21. The van der Waals surface area contributed by atoms with Gasteiger partial charge in [0.1, 0.15) is 6.10 Å². The highest BCUT2D eigenvalue weighted by atomic mass is 19.4. The molecule has 0 aromatic carbocycles. The molecule has 0 radical (unpaired) electrons. The smallest absolute Gasteiger partial charge is 0.393 e. The number of carbonyl (C=O) groups excluding carboxylic acids is 1. The van der Waals surface area contributed by atoms with E-state index in [1.165, 1.54) is 0 Å². The minimum atomic E-state index is -4.33. The third-order valence-electron chi connectivity index (χ3n) is 4.10. The maximum absolute atomic E-state index is 12.9. The summed E-state index contributed by atoms with van der Waals surface area (Å²) in [5, 5.41) is 11.2. The average molecular weight is 309 g/mol. The van der Waals surface area contributed by atoms with Crippen molar-refractivity contribution >= 4 is 11.9 Å². The lowest BCUT2D eigenvalue weighted by molar-refractivity contribution is -0.189. The van der Waals surface area contributed by atoms with Gasteiger partial charge in [-0.1, -0.05) is 12.8 Å². The average Bonchev–Trinajstić information content (AvgIpc) is 2.88. The molecular formula is C13H18F3NO4. The maximum Gasteiger partial charge on any atom is 0.393 e. The van der Waals surface area contributed by atoms with Crippen LogP contribution in [0.15, 0.2) is 0 Å². The topological polar surface area (TPSA) is 75.6 Å². The first-order valence-electron chi connectivity index (χ1n) is 7.04. The number of hydrogen-bond donors (Lipinski definition) is 2. The molecule has 0 aromatic heterocycles. The van der Waals surface area contributed by atoms with Crippen molar-refractivity contribution in [1.29, 1.82) is 0 Å². The Morgan fingerprint density at radius 2 is 1.67 bits per heavy atom. The molecule has 21 heavy (non-hydrogen) atoms. The highest BCUT2D eigenvalue weighted by molar-refractivity contribution is 5.82. The van der Waals surface area contributed by atoms with E-state index in [1.54, 1.807) is 0 Å². The number of alkyl halides is 3. The Kier molecular flexibility index (Phi) is 4.75. The first-order chi connectivity index (χ1) is 9.79. The van der Waals surface area contributed by atoms with Gasteiger partial charge in [-0.2, -0.15) is 13.2 Å². The standard InChI is InChI=1S/C13H18F3NO4/c14-13(15,16)7-3-1-2-4-8(7)17-11(18)9-5-6-10(21-9)12(19)20/h7-10H,1-6H2,(H,17,18)(H,19,20). The van der Waals surface area contributed by atoms with Gasteiger partial charge in [0.2, 0.25) is 5.91 Å². The molecule has 1 saturated heterocycles. The van der Waals surface area contributed by atoms with Crippen LogP contribution in [0, 0.1) is 5.92 Å². The van der Waals surface area contributed by atoms with Gasteiger partial charge in [-0.05, 0) is 25.7 Å². The van der Waals surface area contributed by atoms with Gasteiger partial charge in [-0.15, -0.1) is 0 Å². The normalized spacial score (nSPS) is 33.7. The van der Waals surface area contributed by atoms with Crippen molar-refractivity contribution in [3.05, 3.63) is 0 Å². The zero-order chi connectivity index (χ0) is 15.6. The SMILES string of the molecule is O=C(O)C1CCC(C(=O)NC2CCCCC2C(F)(F)F)O1. The summed E-state index contributed by atoms with van der Waals surface area (Å²) >= 11 is 0. The Hall–Kier alpha value is -1.31. The lowest BCUT2D eigenvalue weighted by Crippen LogP contribution is -2.50. The van der Waals surface area contributed by atoms with E-state index < -0.39 is 42.2 Å². The summed E-state index contributed by atoms with van der Waals surface area (Å²) in [4.78, 5) is 22.7. The Bertz CT molecular complexity index is 413. The fourth-order valence-electron chi connectivity index (χ4n) is 2.98. The van der Waals surface area contributed by atoms with Gasteiger partial charge in [0, 0.05) is 6.04 Å². The number of rotatable bonds is 3. The van der Waals surface area contributed by atoms with Crippen molar-refractivity contribution in [3.63, 3.8) is 0 Å². The van der Waals surface area contributed by atoms with Crippen molar-refractivity contribution in [2.24, 2.45) is 5.92 Å². The number of hydrogen-bond acceptors (Lipinski definition) is 3. The molecule has 1 aliphatic heterocycles. The number of ether oxygens (including phenoxy) is 1. The van der Waals surface area contributed by atoms with Gasteiger partial charge < -0.3 is 15.2 Å². The van der Waals surface area contributed by atoms with Crippen LogP contribution in [0.1, 0.15) is 38.5 Å². The van der Waals surface area contributed by atoms with Crippen molar-refractivity contribution in [2.45, 2.75) is 63.0 Å². The Morgan fingerprint density at radius 3 is 2.24 bits per heavy atom. The molecule has 1 amide bonds. The van der Waals surface area contributed by atoms with Crippen LogP contribution in [0.5, 0.6) is 0 Å². The number of carbonyl (C=O) groups is 2. The van der Waals surface area contributed by atoms with Crippen LogP contribution < -0.4 is 5.32 Å². The Morgan fingerprint density at radius 1 is 1.05 bits per heavy atom. The monoisotopic (exact) mass is 309 g/mol. The molecule has 4 atom stereocenters. The molecular weight excluding hydrogens is 291 g/mol. The number of carboxylic acid groups (broad SMARTS) is 1. The van der Waals surface area contributed by atoms with Crippen LogP contribution >= 0.6 is 0 Å². The van der Waals surface area contributed by atoms with E-state index >= 15 is 0 Å². The molecule has 1 saturated carbocycles. The van der Waals surface area contributed by atoms with Crippen molar-refractivity contribution < 1.29 is 32.6 Å². The fraction of sp³-hybridized carbons (Fsp3) is 0.846. The summed E-state index contributed by atoms with van der Waals surface area (Å²) < 4.78 is 43.8. The van der Waals surface area contributed by atoms with E-state index in [-0.39, 0.29) is 25.7 Å². The van der Waals surface area contributed by atoms with E-state index in [4.69, 9.17) is 9.84 Å². The van der Waals surface area contributed by atoms with Crippen molar-refractivity contribution in [1.82, 2.24) is 5.32 Å². The Balaban J connectivity index is 1.93. The molecule has 4 unspecified atom stereocenters. The molecule has 2 N–H and O–H groups in total. The van der Waals surface area contributed by atoms with Gasteiger partial charge in [0.05, 0.1) is 5.92 Å². The Labute approximate surface area is 119 Å². The number of halogens is 3. The summed E-state index contributed by atoms with van der Waals surface area (Å²) in [5.41, 5.74) is 0. The zero-order valence-corrected chi connectivity index (χ0v) is 11.4. The molecule has 0 spiro atoms.